The molecule has 0 N–H and O–H groups in total. The molecular formula is C14H11ClN2O. The summed E-state index contributed by atoms with van der Waals surface area (Å²) in [7, 11) is 0. The van der Waals surface area contributed by atoms with Gasteiger partial charge in [-0.1, -0.05) is 29.3 Å². The highest BCUT2D eigenvalue weighted by Gasteiger charge is 2.05. The lowest BCUT2D eigenvalue weighted by atomic mass is 10.1. The Morgan fingerprint density at radius 1 is 1.22 bits per heavy atom. The molecule has 0 saturated heterocycles. The number of pyridine rings is 1. The number of ether oxygens (including phenoxy) is 1. The summed E-state index contributed by atoms with van der Waals surface area (Å²) in [4.78, 5) is 4.03. The van der Waals surface area contributed by atoms with Gasteiger partial charge in [0.15, 0.2) is 0 Å². The Labute approximate surface area is 111 Å². The lowest BCUT2D eigenvalue weighted by Crippen LogP contribution is -1.92. The van der Waals surface area contributed by atoms with E-state index in [1.807, 2.05) is 38.1 Å². The molecule has 0 atom stereocenters. The highest BCUT2D eigenvalue weighted by atomic mass is 35.5. The molecule has 90 valence electrons. The molecule has 2 rings (SSSR count). The fourth-order valence-electron chi connectivity index (χ4n) is 1.62. The second-order valence-corrected chi connectivity index (χ2v) is 4.39. The number of rotatable bonds is 2. The fraction of sp³-hybridized carbons (Fsp3) is 0.143. The van der Waals surface area contributed by atoms with Crippen LogP contribution in [-0.2, 0) is 0 Å². The molecule has 1 aromatic carbocycles. The van der Waals surface area contributed by atoms with Crippen LogP contribution < -0.4 is 4.74 Å². The number of benzene rings is 1. The quantitative estimate of drug-likeness (QED) is 0.765. The van der Waals surface area contributed by atoms with Gasteiger partial charge in [-0.25, -0.2) is 4.98 Å². The average molecular weight is 259 g/mol. The molecule has 1 heterocycles. The van der Waals surface area contributed by atoms with Gasteiger partial charge in [-0.2, -0.15) is 5.26 Å². The molecule has 1 aromatic heterocycles. The lowest BCUT2D eigenvalue weighted by Gasteiger charge is -2.08. The highest BCUT2D eigenvalue weighted by molar-refractivity contribution is 6.29. The second-order valence-electron chi connectivity index (χ2n) is 4.00. The molecule has 0 aliphatic carbocycles. The molecule has 0 bridgehead atoms. The van der Waals surface area contributed by atoms with E-state index < -0.39 is 0 Å². The Hall–Kier alpha value is -2.05. The maximum Gasteiger partial charge on any atom is 0.221 e. The number of hydrogen-bond donors (Lipinski definition) is 0. The molecule has 18 heavy (non-hydrogen) atoms. The van der Waals surface area contributed by atoms with Gasteiger partial charge in [-0.3, -0.25) is 0 Å². The Bertz CT molecular complexity index is 632. The topological polar surface area (TPSA) is 45.9 Å². The van der Waals surface area contributed by atoms with E-state index in [4.69, 9.17) is 21.6 Å². The van der Waals surface area contributed by atoms with Gasteiger partial charge in [0.1, 0.15) is 10.9 Å². The van der Waals surface area contributed by atoms with Gasteiger partial charge >= 0.3 is 0 Å². The first-order valence-electron chi connectivity index (χ1n) is 5.41. The van der Waals surface area contributed by atoms with Gasteiger partial charge in [-0.15, -0.1) is 0 Å². The Morgan fingerprint density at radius 2 is 2.00 bits per heavy atom. The Kier molecular flexibility index (Phi) is 3.50. The van der Waals surface area contributed by atoms with Crippen LogP contribution in [0.3, 0.4) is 0 Å². The van der Waals surface area contributed by atoms with E-state index in [2.05, 4.69) is 4.98 Å². The van der Waals surface area contributed by atoms with Crippen molar-refractivity contribution in [2.24, 2.45) is 0 Å². The molecule has 0 aliphatic rings. The average Bonchev–Trinajstić information content (AvgIpc) is 2.32. The zero-order valence-corrected chi connectivity index (χ0v) is 10.8. The van der Waals surface area contributed by atoms with Gasteiger partial charge in [0.05, 0.1) is 11.6 Å². The smallest absolute Gasteiger partial charge is 0.221 e. The maximum absolute atomic E-state index is 8.85. The number of aryl methyl sites for hydroxylation is 2. The van der Waals surface area contributed by atoms with E-state index in [-0.39, 0.29) is 5.15 Å². The van der Waals surface area contributed by atoms with Crippen LogP contribution >= 0.6 is 11.6 Å². The van der Waals surface area contributed by atoms with E-state index in [9.17, 15) is 0 Å². The molecule has 2 aromatic rings. The van der Waals surface area contributed by atoms with Crippen molar-refractivity contribution in [3.05, 3.63) is 52.2 Å². The Balaban J connectivity index is 2.34. The third kappa shape index (κ3) is 2.79. The van der Waals surface area contributed by atoms with Crippen molar-refractivity contribution in [3.8, 4) is 17.7 Å². The van der Waals surface area contributed by atoms with Crippen molar-refractivity contribution in [2.45, 2.75) is 13.8 Å². The van der Waals surface area contributed by atoms with Crippen molar-refractivity contribution < 1.29 is 4.74 Å². The summed E-state index contributed by atoms with van der Waals surface area (Å²) in [6.07, 6.45) is 0. The summed E-state index contributed by atoms with van der Waals surface area (Å²) in [5, 5.41) is 9.10. The van der Waals surface area contributed by atoms with E-state index in [1.54, 1.807) is 6.07 Å². The highest BCUT2D eigenvalue weighted by Crippen LogP contribution is 2.26. The molecule has 4 heteroatoms. The SMILES string of the molecule is Cc1ccc(Oc2cc(C#N)cc(Cl)n2)c(C)c1. The maximum atomic E-state index is 8.85. The number of hydrogen-bond acceptors (Lipinski definition) is 3. The standard InChI is InChI=1S/C14H11ClN2O/c1-9-3-4-12(10(2)5-9)18-14-7-11(8-16)6-13(15)17-14/h3-7H,1-2H3. The largest absolute Gasteiger partial charge is 0.439 e. The van der Waals surface area contributed by atoms with Crippen LogP contribution in [0.25, 0.3) is 0 Å². The molecule has 0 spiro atoms. The minimum Gasteiger partial charge on any atom is -0.439 e. The third-order valence-electron chi connectivity index (χ3n) is 2.44. The minimum atomic E-state index is 0.244. The molecule has 0 amide bonds. The van der Waals surface area contributed by atoms with Crippen molar-refractivity contribution in [1.82, 2.24) is 4.98 Å². The van der Waals surface area contributed by atoms with Crippen LogP contribution in [-0.4, -0.2) is 4.98 Å². The van der Waals surface area contributed by atoms with Crippen LogP contribution in [0.1, 0.15) is 16.7 Å². The summed E-state index contributed by atoms with van der Waals surface area (Å²) in [6.45, 7) is 3.97. The van der Waals surface area contributed by atoms with Crippen LogP contribution in [0.15, 0.2) is 30.3 Å². The van der Waals surface area contributed by atoms with Gasteiger partial charge in [0.2, 0.25) is 5.88 Å². The van der Waals surface area contributed by atoms with Crippen LogP contribution in [0, 0.1) is 25.2 Å². The fourth-order valence-corrected chi connectivity index (χ4v) is 1.82. The first-order valence-corrected chi connectivity index (χ1v) is 5.79. The third-order valence-corrected chi connectivity index (χ3v) is 2.64. The van der Waals surface area contributed by atoms with Crippen LogP contribution in [0.5, 0.6) is 11.6 Å². The second kappa shape index (κ2) is 5.07. The van der Waals surface area contributed by atoms with E-state index in [1.165, 1.54) is 6.07 Å². The zero-order valence-electron chi connectivity index (χ0n) is 10.1. The Morgan fingerprint density at radius 3 is 2.67 bits per heavy atom. The first kappa shape index (κ1) is 12.4. The number of nitriles is 1. The van der Waals surface area contributed by atoms with Gasteiger partial charge in [0.25, 0.3) is 0 Å². The molecule has 0 fully saturated rings. The van der Waals surface area contributed by atoms with Crippen molar-refractivity contribution in [1.29, 1.82) is 5.26 Å². The van der Waals surface area contributed by atoms with E-state index >= 15 is 0 Å². The molecular weight excluding hydrogens is 248 g/mol. The summed E-state index contributed by atoms with van der Waals surface area (Å²) in [5.41, 5.74) is 2.60. The monoisotopic (exact) mass is 258 g/mol. The number of aromatic nitrogens is 1. The predicted octanol–water partition coefficient (Wildman–Crippen LogP) is 4.02. The van der Waals surface area contributed by atoms with Crippen molar-refractivity contribution in [2.75, 3.05) is 0 Å². The van der Waals surface area contributed by atoms with E-state index in [0.717, 1.165) is 11.1 Å². The molecule has 0 aliphatic heterocycles. The zero-order chi connectivity index (χ0) is 13.1. The normalized spacial score (nSPS) is 9.89. The summed E-state index contributed by atoms with van der Waals surface area (Å²) < 4.78 is 5.64. The summed E-state index contributed by atoms with van der Waals surface area (Å²) >= 11 is 5.82. The lowest BCUT2D eigenvalue weighted by molar-refractivity contribution is 0.459. The molecule has 0 saturated carbocycles. The van der Waals surface area contributed by atoms with Crippen molar-refractivity contribution in [3.63, 3.8) is 0 Å². The summed E-state index contributed by atoms with van der Waals surface area (Å²) in [5.74, 6) is 1.03. The van der Waals surface area contributed by atoms with Crippen LogP contribution in [0.2, 0.25) is 5.15 Å². The molecule has 0 unspecified atom stereocenters. The van der Waals surface area contributed by atoms with Gasteiger partial charge in [-0.05, 0) is 31.5 Å². The minimum absolute atomic E-state index is 0.244. The summed E-state index contributed by atoms with van der Waals surface area (Å²) in [6, 6.07) is 10.9. The van der Waals surface area contributed by atoms with Gasteiger partial charge in [0, 0.05) is 6.07 Å². The van der Waals surface area contributed by atoms with Crippen molar-refractivity contribution >= 4 is 11.6 Å². The molecule has 0 radical (unpaired) electrons. The first-order chi connectivity index (χ1) is 8.58. The number of nitrogens with zero attached hydrogens (tertiary/aromatic N) is 2. The number of halogens is 1. The predicted molar refractivity (Wildman–Crippen MR) is 70.0 cm³/mol. The molecule has 3 nitrogen and oxygen atoms in total. The van der Waals surface area contributed by atoms with E-state index in [0.29, 0.717) is 17.2 Å². The van der Waals surface area contributed by atoms with Gasteiger partial charge < -0.3 is 4.74 Å². The van der Waals surface area contributed by atoms with Crippen LogP contribution in [0.4, 0.5) is 0 Å².